The predicted octanol–water partition coefficient (Wildman–Crippen LogP) is 0.769. The number of hydrogen-bond donors (Lipinski definition) is 3. The van der Waals surface area contributed by atoms with Crippen molar-refractivity contribution < 1.29 is 14.9 Å². The maximum Gasteiger partial charge on any atom is 0.105 e. The fraction of sp³-hybridized carbons (Fsp3) is 1.00. The summed E-state index contributed by atoms with van der Waals surface area (Å²) in [7, 11) is 1.95. The van der Waals surface area contributed by atoms with E-state index < -0.39 is 12.2 Å². The second-order valence-corrected chi connectivity index (χ2v) is 3.82. The van der Waals surface area contributed by atoms with Crippen LogP contribution in [0.3, 0.4) is 0 Å². The number of aliphatic hydroxyl groups is 2. The second-order valence-electron chi connectivity index (χ2n) is 3.82. The zero-order chi connectivity index (χ0) is 12.3. The van der Waals surface area contributed by atoms with Gasteiger partial charge in [-0.3, -0.25) is 0 Å². The highest BCUT2D eigenvalue weighted by atomic mass is 16.5. The van der Waals surface area contributed by atoms with E-state index in [1.54, 1.807) is 0 Å². The van der Waals surface area contributed by atoms with Crippen LogP contribution in [0, 0.1) is 0 Å². The lowest BCUT2D eigenvalue weighted by molar-refractivity contribution is 0.0572. The molecule has 3 N–H and O–H groups in total. The van der Waals surface area contributed by atoms with E-state index in [9.17, 15) is 0 Å². The van der Waals surface area contributed by atoms with Crippen LogP contribution in [0.25, 0.3) is 0 Å². The molecule has 1 aliphatic rings. The van der Waals surface area contributed by atoms with E-state index in [0.29, 0.717) is 6.04 Å². The Morgan fingerprint density at radius 3 is 1.53 bits per heavy atom. The molecule has 0 amide bonds. The molecule has 1 saturated heterocycles. The van der Waals surface area contributed by atoms with E-state index in [2.05, 4.69) is 37.7 Å². The van der Waals surface area contributed by atoms with Crippen LogP contribution in [-0.4, -0.2) is 48.7 Å². The summed E-state index contributed by atoms with van der Waals surface area (Å²) in [5.74, 6) is 0. The molecule has 1 aliphatic heterocycles. The molecule has 1 fully saturated rings. The topological polar surface area (TPSA) is 61.7 Å². The third-order valence-electron chi connectivity index (χ3n) is 1.60. The Morgan fingerprint density at radius 2 is 1.47 bits per heavy atom. The number of aliphatic hydroxyl groups excluding tert-OH is 2. The molecule has 0 aromatic rings. The molecule has 0 saturated carbocycles. The van der Waals surface area contributed by atoms with Gasteiger partial charge in [-0.05, 0) is 7.05 Å². The van der Waals surface area contributed by atoms with Crippen molar-refractivity contribution in [2.45, 2.75) is 52.4 Å². The molecule has 0 spiro atoms. The summed E-state index contributed by atoms with van der Waals surface area (Å²) < 4.78 is 4.67. The molecule has 1 rings (SSSR count). The predicted molar refractivity (Wildman–Crippen MR) is 63.0 cm³/mol. The lowest BCUT2D eigenvalue weighted by Gasteiger charge is -2.00. The van der Waals surface area contributed by atoms with Crippen molar-refractivity contribution in [2.75, 3.05) is 20.3 Å². The summed E-state index contributed by atoms with van der Waals surface area (Å²) in [6.45, 7) is 9.03. The van der Waals surface area contributed by atoms with Crippen molar-refractivity contribution in [3.8, 4) is 0 Å². The molecule has 0 bridgehead atoms. The summed E-state index contributed by atoms with van der Waals surface area (Å²) in [5, 5.41) is 20.3. The third kappa shape index (κ3) is 13.8. The van der Waals surface area contributed by atoms with Gasteiger partial charge < -0.3 is 20.3 Å². The van der Waals surface area contributed by atoms with Gasteiger partial charge in [0.05, 0.1) is 13.2 Å². The molecule has 0 radical (unpaired) electrons. The van der Waals surface area contributed by atoms with Gasteiger partial charge >= 0.3 is 0 Å². The lowest BCUT2D eigenvalue weighted by atomic mass is 10.3. The van der Waals surface area contributed by atoms with E-state index >= 15 is 0 Å². The van der Waals surface area contributed by atoms with Crippen molar-refractivity contribution in [1.82, 2.24) is 5.32 Å². The second kappa shape index (κ2) is 11.9. The first-order valence-electron chi connectivity index (χ1n) is 5.60. The Hall–Kier alpha value is -0.160. The third-order valence-corrected chi connectivity index (χ3v) is 1.60. The van der Waals surface area contributed by atoms with Gasteiger partial charge in [-0.25, -0.2) is 0 Å². The van der Waals surface area contributed by atoms with Crippen LogP contribution >= 0.6 is 0 Å². The van der Waals surface area contributed by atoms with Gasteiger partial charge in [-0.15, -0.1) is 0 Å². The van der Waals surface area contributed by atoms with Crippen LogP contribution in [0.5, 0.6) is 0 Å². The van der Waals surface area contributed by atoms with Gasteiger partial charge in [0, 0.05) is 6.04 Å². The molecule has 4 heteroatoms. The summed E-state index contributed by atoms with van der Waals surface area (Å²) in [5.41, 5.74) is 0. The first-order chi connectivity index (χ1) is 6.99. The van der Waals surface area contributed by atoms with Crippen LogP contribution in [0.2, 0.25) is 0 Å². The summed E-state index contributed by atoms with van der Waals surface area (Å²) in [6.07, 6.45) is -0.0556. The van der Waals surface area contributed by atoms with Crippen LogP contribution in [0.15, 0.2) is 0 Å². The molecule has 2 unspecified atom stereocenters. The SMILES string of the molecule is CCC.CNC(C)C.OC1COCC1O. The van der Waals surface area contributed by atoms with Crippen molar-refractivity contribution in [2.24, 2.45) is 0 Å². The van der Waals surface area contributed by atoms with Crippen molar-refractivity contribution in [3.63, 3.8) is 0 Å². The minimum absolute atomic E-state index is 0.279. The van der Waals surface area contributed by atoms with Crippen LogP contribution in [0.1, 0.15) is 34.1 Å². The van der Waals surface area contributed by atoms with Crippen molar-refractivity contribution >= 4 is 0 Å². The van der Waals surface area contributed by atoms with Gasteiger partial charge in [-0.1, -0.05) is 34.1 Å². The summed E-state index contributed by atoms with van der Waals surface area (Å²) in [6, 6.07) is 0.634. The number of rotatable bonds is 1. The standard InChI is InChI=1S/C4H11N.C4H8O3.C3H8/c1-4(2)5-3;5-3-1-7-2-4(3)6;1-3-2/h4-5H,1-3H3;3-6H,1-2H2;3H2,1-2H3. The summed E-state index contributed by atoms with van der Waals surface area (Å²) >= 11 is 0. The van der Waals surface area contributed by atoms with E-state index in [-0.39, 0.29) is 13.2 Å². The Balaban J connectivity index is 0. The molecule has 4 nitrogen and oxygen atoms in total. The molecular formula is C11H27NO3. The van der Waals surface area contributed by atoms with E-state index in [1.165, 1.54) is 6.42 Å². The lowest BCUT2D eigenvalue weighted by Crippen LogP contribution is -2.22. The molecular weight excluding hydrogens is 194 g/mol. The average Bonchev–Trinajstić information content (AvgIpc) is 2.53. The molecule has 2 atom stereocenters. The summed E-state index contributed by atoms with van der Waals surface area (Å²) in [4.78, 5) is 0. The van der Waals surface area contributed by atoms with Gasteiger partial charge in [0.2, 0.25) is 0 Å². The first kappa shape index (κ1) is 17.2. The highest BCUT2D eigenvalue weighted by molar-refractivity contribution is 4.71. The molecule has 15 heavy (non-hydrogen) atoms. The normalized spacial score (nSPS) is 24.0. The molecule has 1 heterocycles. The Kier molecular flexibility index (Phi) is 13.7. The van der Waals surface area contributed by atoms with Crippen molar-refractivity contribution in [1.29, 1.82) is 0 Å². The smallest absolute Gasteiger partial charge is 0.105 e. The maximum atomic E-state index is 8.62. The minimum Gasteiger partial charge on any atom is -0.388 e. The molecule has 0 aromatic carbocycles. The van der Waals surface area contributed by atoms with Crippen LogP contribution < -0.4 is 5.32 Å². The first-order valence-corrected chi connectivity index (χ1v) is 5.60. The molecule has 0 aliphatic carbocycles. The average molecular weight is 221 g/mol. The van der Waals surface area contributed by atoms with Gasteiger partial charge in [-0.2, -0.15) is 0 Å². The monoisotopic (exact) mass is 221 g/mol. The van der Waals surface area contributed by atoms with E-state index in [1.807, 2.05) is 7.05 Å². The quantitative estimate of drug-likeness (QED) is 0.612. The Bertz CT molecular complexity index is 112. The number of hydrogen-bond acceptors (Lipinski definition) is 4. The fourth-order valence-corrected chi connectivity index (χ4v) is 0.532. The molecule has 0 aromatic heterocycles. The van der Waals surface area contributed by atoms with E-state index in [0.717, 1.165) is 0 Å². The highest BCUT2D eigenvalue weighted by Gasteiger charge is 2.22. The van der Waals surface area contributed by atoms with Gasteiger partial charge in [0.1, 0.15) is 12.2 Å². The minimum atomic E-state index is -0.653. The van der Waals surface area contributed by atoms with Gasteiger partial charge in [0.15, 0.2) is 0 Å². The van der Waals surface area contributed by atoms with Crippen molar-refractivity contribution in [3.05, 3.63) is 0 Å². The highest BCUT2D eigenvalue weighted by Crippen LogP contribution is 2.02. The number of ether oxygens (including phenoxy) is 1. The number of nitrogens with one attached hydrogen (secondary N) is 1. The fourth-order valence-electron chi connectivity index (χ4n) is 0.532. The van der Waals surface area contributed by atoms with Crippen LogP contribution in [0.4, 0.5) is 0 Å². The zero-order valence-corrected chi connectivity index (χ0v) is 10.7. The van der Waals surface area contributed by atoms with Gasteiger partial charge in [0.25, 0.3) is 0 Å². The van der Waals surface area contributed by atoms with Crippen LogP contribution in [-0.2, 0) is 4.74 Å². The Morgan fingerprint density at radius 1 is 1.20 bits per heavy atom. The Labute approximate surface area is 93.6 Å². The largest absolute Gasteiger partial charge is 0.388 e. The molecule has 94 valence electrons. The zero-order valence-electron chi connectivity index (χ0n) is 10.7. The van der Waals surface area contributed by atoms with E-state index in [4.69, 9.17) is 10.2 Å². The maximum absolute atomic E-state index is 8.62.